The van der Waals surface area contributed by atoms with Crippen molar-refractivity contribution in [3.05, 3.63) is 48.0 Å². The molecule has 2 N–H and O–H groups in total. The van der Waals surface area contributed by atoms with Gasteiger partial charge >= 0.3 is 0 Å². The van der Waals surface area contributed by atoms with Crippen molar-refractivity contribution in [3.63, 3.8) is 0 Å². The van der Waals surface area contributed by atoms with Crippen LogP contribution >= 0.6 is 0 Å². The van der Waals surface area contributed by atoms with Crippen LogP contribution in [0.4, 0.5) is 5.69 Å². The van der Waals surface area contributed by atoms with Gasteiger partial charge in [0.05, 0.1) is 7.11 Å². The molecule has 0 radical (unpaired) electrons. The van der Waals surface area contributed by atoms with Crippen molar-refractivity contribution in [2.24, 2.45) is 0 Å². The molecule has 0 fully saturated rings. The molecule has 2 aromatic rings. The van der Waals surface area contributed by atoms with Gasteiger partial charge in [0.25, 0.3) is 0 Å². The quantitative estimate of drug-likeness (QED) is 0.777. The molecule has 0 atom stereocenters. The van der Waals surface area contributed by atoms with Gasteiger partial charge in [0.15, 0.2) is 0 Å². The van der Waals surface area contributed by atoms with Crippen LogP contribution in [0.25, 0.3) is 11.1 Å². The summed E-state index contributed by atoms with van der Waals surface area (Å²) in [5.74, 6) is 0.814. The van der Waals surface area contributed by atoms with Crippen LogP contribution in [0.1, 0.15) is 5.56 Å². The third kappa shape index (κ3) is 1.74. The van der Waals surface area contributed by atoms with Gasteiger partial charge in [-0.15, -0.1) is 0 Å². The third-order valence-corrected chi connectivity index (χ3v) is 2.71. The highest BCUT2D eigenvalue weighted by Crippen LogP contribution is 2.36. The number of methoxy groups -OCH3 is 1. The predicted molar refractivity (Wildman–Crippen MR) is 67.6 cm³/mol. The lowest BCUT2D eigenvalue weighted by Gasteiger charge is -2.13. The van der Waals surface area contributed by atoms with Crippen LogP contribution in [0.3, 0.4) is 0 Å². The van der Waals surface area contributed by atoms with Crippen LogP contribution in [-0.2, 0) is 0 Å². The maximum atomic E-state index is 6.11. The number of anilines is 1. The maximum absolute atomic E-state index is 6.11. The first-order valence-corrected chi connectivity index (χ1v) is 5.22. The molecule has 0 saturated carbocycles. The molecule has 2 aromatic carbocycles. The summed E-state index contributed by atoms with van der Waals surface area (Å²) >= 11 is 0. The van der Waals surface area contributed by atoms with Crippen molar-refractivity contribution in [2.75, 3.05) is 12.8 Å². The summed E-state index contributed by atoms with van der Waals surface area (Å²) in [5, 5.41) is 0. The van der Waals surface area contributed by atoms with Crippen LogP contribution in [0.2, 0.25) is 0 Å². The fraction of sp³-hybridized carbons (Fsp3) is 0.143. The van der Waals surface area contributed by atoms with E-state index in [0.29, 0.717) is 0 Å². The predicted octanol–water partition coefficient (Wildman–Crippen LogP) is 3.25. The first-order chi connectivity index (χ1) is 7.74. The minimum absolute atomic E-state index is 0.783. The number of ether oxygens (including phenoxy) is 1. The summed E-state index contributed by atoms with van der Waals surface area (Å²) in [4.78, 5) is 0. The van der Waals surface area contributed by atoms with E-state index in [0.717, 1.165) is 28.1 Å². The second-order valence-electron chi connectivity index (χ2n) is 3.74. The van der Waals surface area contributed by atoms with E-state index in [1.807, 2.05) is 49.4 Å². The minimum Gasteiger partial charge on any atom is -0.496 e. The summed E-state index contributed by atoms with van der Waals surface area (Å²) in [5.41, 5.74) is 10.0. The van der Waals surface area contributed by atoms with Crippen LogP contribution in [-0.4, -0.2) is 7.11 Å². The lowest BCUT2D eigenvalue weighted by molar-refractivity contribution is 0.416. The highest BCUT2D eigenvalue weighted by Gasteiger charge is 2.10. The lowest BCUT2D eigenvalue weighted by atomic mass is 10.00. The number of aryl methyl sites for hydroxylation is 1. The van der Waals surface area contributed by atoms with E-state index in [1.165, 1.54) is 0 Å². The Balaban J connectivity index is 2.67. The van der Waals surface area contributed by atoms with Crippen molar-refractivity contribution >= 4 is 5.69 Å². The molecule has 2 rings (SSSR count). The van der Waals surface area contributed by atoms with E-state index >= 15 is 0 Å². The number of benzene rings is 2. The Morgan fingerprint density at radius 3 is 2.31 bits per heavy atom. The number of rotatable bonds is 2. The molecule has 82 valence electrons. The van der Waals surface area contributed by atoms with Crippen molar-refractivity contribution in [1.82, 2.24) is 0 Å². The number of hydrogen-bond donors (Lipinski definition) is 1. The second-order valence-corrected chi connectivity index (χ2v) is 3.74. The standard InChI is InChI=1S/C14H15NO/c1-10-8-9-12(16-2)13(14(10)15)11-6-4-3-5-7-11/h3-9H,15H2,1-2H3. The van der Waals surface area contributed by atoms with Gasteiger partial charge in [-0.25, -0.2) is 0 Å². The summed E-state index contributed by atoms with van der Waals surface area (Å²) in [6.07, 6.45) is 0. The van der Waals surface area contributed by atoms with Gasteiger partial charge in [-0.2, -0.15) is 0 Å². The van der Waals surface area contributed by atoms with E-state index < -0.39 is 0 Å². The van der Waals surface area contributed by atoms with Gasteiger partial charge in [0.2, 0.25) is 0 Å². The Morgan fingerprint density at radius 2 is 1.69 bits per heavy atom. The van der Waals surface area contributed by atoms with E-state index in [2.05, 4.69) is 0 Å². The average molecular weight is 213 g/mol. The van der Waals surface area contributed by atoms with Crippen LogP contribution in [0.5, 0.6) is 5.75 Å². The molecule has 0 bridgehead atoms. The summed E-state index contributed by atoms with van der Waals surface area (Å²) in [6, 6.07) is 14.0. The van der Waals surface area contributed by atoms with Crippen molar-refractivity contribution in [1.29, 1.82) is 0 Å². The monoisotopic (exact) mass is 213 g/mol. The molecule has 0 unspecified atom stereocenters. The SMILES string of the molecule is COc1ccc(C)c(N)c1-c1ccccc1. The smallest absolute Gasteiger partial charge is 0.128 e. The van der Waals surface area contributed by atoms with E-state index in [9.17, 15) is 0 Å². The molecule has 16 heavy (non-hydrogen) atoms. The molecule has 2 nitrogen and oxygen atoms in total. The first-order valence-electron chi connectivity index (χ1n) is 5.22. The van der Waals surface area contributed by atoms with E-state index in [4.69, 9.17) is 10.5 Å². The molecule has 0 spiro atoms. The highest BCUT2D eigenvalue weighted by molar-refractivity contribution is 5.83. The van der Waals surface area contributed by atoms with E-state index in [-0.39, 0.29) is 0 Å². The van der Waals surface area contributed by atoms with Gasteiger partial charge in [-0.05, 0) is 24.1 Å². The Labute approximate surface area is 95.7 Å². The Bertz CT molecular complexity index is 492. The second kappa shape index (κ2) is 4.27. The van der Waals surface area contributed by atoms with Crippen molar-refractivity contribution < 1.29 is 4.74 Å². The lowest BCUT2D eigenvalue weighted by Crippen LogP contribution is -1.97. The zero-order valence-corrected chi connectivity index (χ0v) is 9.53. The summed E-state index contributed by atoms with van der Waals surface area (Å²) in [6.45, 7) is 2.00. The normalized spacial score (nSPS) is 10.1. The maximum Gasteiger partial charge on any atom is 0.128 e. The fourth-order valence-corrected chi connectivity index (χ4v) is 1.78. The molecular formula is C14H15NO. The Hall–Kier alpha value is -1.96. The molecule has 0 amide bonds. The van der Waals surface area contributed by atoms with Gasteiger partial charge in [-0.3, -0.25) is 0 Å². The van der Waals surface area contributed by atoms with Gasteiger partial charge < -0.3 is 10.5 Å². The van der Waals surface area contributed by atoms with Crippen molar-refractivity contribution in [2.45, 2.75) is 6.92 Å². The molecule has 0 aliphatic heterocycles. The van der Waals surface area contributed by atoms with Crippen LogP contribution in [0.15, 0.2) is 42.5 Å². The van der Waals surface area contributed by atoms with Crippen LogP contribution < -0.4 is 10.5 Å². The molecule has 0 heterocycles. The third-order valence-electron chi connectivity index (χ3n) is 2.71. The zero-order chi connectivity index (χ0) is 11.5. The molecule has 2 heteroatoms. The Kier molecular flexibility index (Phi) is 2.82. The summed E-state index contributed by atoms with van der Waals surface area (Å²) < 4.78 is 5.36. The molecule has 0 saturated heterocycles. The molecular weight excluding hydrogens is 198 g/mol. The van der Waals surface area contributed by atoms with Gasteiger partial charge in [0.1, 0.15) is 5.75 Å². The minimum atomic E-state index is 0.783. The topological polar surface area (TPSA) is 35.2 Å². The largest absolute Gasteiger partial charge is 0.496 e. The Morgan fingerprint density at radius 1 is 1.00 bits per heavy atom. The molecule has 0 aliphatic rings. The number of nitrogen functional groups attached to an aromatic ring is 1. The van der Waals surface area contributed by atoms with Gasteiger partial charge in [0, 0.05) is 11.3 Å². The average Bonchev–Trinajstić information content (AvgIpc) is 2.33. The number of hydrogen-bond acceptors (Lipinski definition) is 2. The number of nitrogens with two attached hydrogens (primary N) is 1. The highest BCUT2D eigenvalue weighted by atomic mass is 16.5. The molecule has 0 aromatic heterocycles. The fourth-order valence-electron chi connectivity index (χ4n) is 1.78. The van der Waals surface area contributed by atoms with Crippen molar-refractivity contribution in [3.8, 4) is 16.9 Å². The van der Waals surface area contributed by atoms with E-state index in [1.54, 1.807) is 7.11 Å². The summed E-state index contributed by atoms with van der Waals surface area (Å²) in [7, 11) is 1.66. The van der Waals surface area contributed by atoms with Gasteiger partial charge in [-0.1, -0.05) is 36.4 Å². The zero-order valence-electron chi connectivity index (χ0n) is 9.53. The molecule has 0 aliphatic carbocycles. The first kappa shape index (κ1) is 10.6. The van der Waals surface area contributed by atoms with Crippen LogP contribution in [0, 0.1) is 6.92 Å².